The molecule has 1 N–H and O–H groups in total. The normalized spacial score (nSPS) is 16.9. The van der Waals surface area contributed by atoms with Gasteiger partial charge >= 0.3 is 0 Å². The quantitative estimate of drug-likeness (QED) is 0.375. The second-order valence-corrected chi connectivity index (χ2v) is 4.06. The van der Waals surface area contributed by atoms with Crippen LogP contribution in [0.25, 0.3) is 0 Å². The first-order valence-electron chi connectivity index (χ1n) is 5.33. The maximum atomic E-state index is 13.4. The number of benzene rings is 1. The summed E-state index contributed by atoms with van der Waals surface area (Å²) in [6.45, 7) is 0. The molecule has 0 aromatic heterocycles. The van der Waals surface area contributed by atoms with Crippen molar-refractivity contribution in [2.24, 2.45) is 0 Å². The third-order valence-corrected chi connectivity index (χ3v) is 2.94. The van der Waals surface area contributed by atoms with Gasteiger partial charge in [0.2, 0.25) is 5.82 Å². The highest BCUT2D eigenvalue weighted by atomic mass is 19.2. The molecule has 0 amide bonds. The minimum absolute atomic E-state index is 0.276. The fourth-order valence-corrected chi connectivity index (χ4v) is 1.99. The molecule has 98 valence electrons. The highest BCUT2D eigenvalue weighted by Gasteiger charge is 2.31. The van der Waals surface area contributed by atoms with Crippen LogP contribution in [0.3, 0.4) is 0 Å². The Morgan fingerprint density at radius 1 is 0.889 bits per heavy atom. The highest BCUT2D eigenvalue weighted by Crippen LogP contribution is 2.35. The first-order valence-corrected chi connectivity index (χ1v) is 5.33. The first-order chi connectivity index (χ1) is 8.45. The molecule has 0 saturated carbocycles. The van der Waals surface area contributed by atoms with Crippen LogP contribution in [0.15, 0.2) is 11.6 Å². The summed E-state index contributed by atoms with van der Waals surface area (Å²) in [4.78, 5) is 0. The zero-order chi connectivity index (χ0) is 13.4. The average molecular weight is 264 g/mol. The van der Waals surface area contributed by atoms with Crippen molar-refractivity contribution in [2.75, 3.05) is 0 Å². The zero-order valence-corrected chi connectivity index (χ0v) is 9.11. The minimum atomic E-state index is -2.22. The topological polar surface area (TPSA) is 20.2 Å². The van der Waals surface area contributed by atoms with Crippen LogP contribution < -0.4 is 0 Å². The molecule has 1 atom stereocenters. The predicted octanol–water partition coefficient (Wildman–Crippen LogP) is 3.53. The molecule has 1 nitrogen and oxygen atoms in total. The average Bonchev–Trinajstić information content (AvgIpc) is 2.88. The Labute approximate surface area is 99.5 Å². The minimum Gasteiger partial charge on any atom is -0.384 e. The van der Waals surface area contributed by atoms with Gasteiger partial charge in [0.25, 0.3) is 0 Å². The lowest BCUT2D eigenvalue weighted by Gasteiger charge is -2.15. The largest absolute Gasteiger partial charge is 0.384 e. The van der Waals surface area contributed by atoms with Gasteiger partial charge < -0.3 is 5.11 Å². The first kappa shape index (κ1) is 13.0. The number of halogens is 5. The van der Waals surface area contributed by atoms with E-state index in [4.69, 9.17) is 0 Å². The molecule has 0 aliphatic heterocycles. The van der Waals surface area contributed by atoms with Crippen molar-refractivity contribution in [1.82, 2.24) is 0 Å². The van der Waals surface area contributed by atoms with Gasteiger partial charge in [0.15, 0.2) is 23.3 Å². The molecule has 1 aliphatic rings. The fourth-order valence-electron chi connectivity index (χ4n) is 1.99. The van der Waals surface area contributed by atoms with E-state index in [9.17, 15) is 27.1 Å². The van der Waals surface area contributed by atoms with E-state index < -0.39 is 40.8 Å². The van der Waals surface area contributed by atoms with Crippen molar-refractivity contribution in [3.05, 3.63) is 46.3 Å². The zero-order valence-electron chi connectivity index (χ0n) is 9.11. The van der Waals surface area contributed by atoms with Crippen molar-refractivity contribution >= 4 is 0 Å². The van der Waals surface area contributed by atoms with Crippen LogP contribution in [0, 0.1) is 29.1 Å². The maximum Gasteiger partial charge on any atom is 0.200 e. The summed E-state index contributed by atoms with van der Waals surface area (Å²) in [6, 6.07) is 0. The number of allylic oxidation sites excluding steroid dienone is 1. The molecule has 0 spiro atoms. The lowest BCUT2D eigenvalue weighted by Crippen LogP contribution is -2.12. The standard InChI is InChI=1S/C12H9F5O/c13-7-6(12(18)5-3-1-2-4-5)8(14)10(16)11(17)9(7)15/h3,12,18H,1-2,4H2. The van der Waals surface area contributed by atoms with Gasteiger partial charge in [-0.15, -0.1) is 0 Å². The molecule has 2 rings (SSSR count). The number of aliphatic hydroxyl groups excluding tert-OH is 1. The van der Waals surface area contributed by atoms with Crippen LogP contribution in [-0.4, -0.2) is 5.11 Å². The molecule has 0 saturated heterocycles. The smallest absolute Gasteiger partial charge is 0.200 e. The summed E-state index contributed by atoms with van der Waals surface area (Å²) in [5, 5.41) is 9.72. The number of hydrogen-bond donors (Lipinski definition) is 1. The number of rotatable bonds is 2. The Morgan fingerprint density at radius 3 is 1.83 bits per heavy atom. The SMILES string of the molecule is OC(C1=CCCC1)c1c(F)c(F)c(F)c(F)c1F. The summed E-state index contributed by atoms with van der Waals surface area (Å²) in [5.41, 5.74) is -0.905. The molecule has 1 aromatic rings. The third kappa shape index (κ3) is 1.90. The Kier molecular flexibility index (Phi) is 3.38. The Hall–Kier alpha value is -1.43. The molecule has 1 aliphatic carbocycles. The van der Waals surface area contributed by atoms with Gasteiger partial charge in [-0.3, -0.25) is 0 Å². The van der Waals surface area contributed by atoms with E-state index in [2.05, 4.69) is 0 Å². The van der Waals surface area contributed by atoms with Gasteiger partial charge in [0, 0.05) is 0 Å². The third-order valence-electron chi connectivity index (χ3n) is 2.94. The molecule has 1 unspecified atom stereocenters. The molecule has 0 fully saturated rings. The summed E-state index contributed by atoms with van der Waals surface area (Å²) in [5.74, 6) is -10.3. The molecule has 18 heavy (non-hydrogen) atoms. The van der Waals surface area contributed by atoms with Crippen molar-refractivity contribution < 1.29 is 27.1 Å². The predicted molar refractivity (Wildman–Crippen MR) is 53.1 cm³/mol. The van der Waals surface area contributed by atoms with Crippen molar-refractivity contribution in [1.29, 1.82) is 0 Å². The van der Waals surface area contributed by atoms with E-state index in [1.54, 1.807) is 6.08 Å². The maximum absolute atomic E-state index is 13.4. The molecule has 1 aromatic carbocycles. The Bertz CT molecular complexity index is 495. The second kappa shape index (κ2) is 4.68. The van der Waals surface area contributed by atoms with Crippen LogP contribution in [0.2, 0.25) is 0 Å². The van der Waals surface area contributed by atoms with Crippen LogP contribution in [0.5, 0.6) is 0 Å². The summed E-state index contributed by atoms with van der Waals surface area (Å²) in [7, 11) is 0. The van der Waals surface area contributed by atoms with E-state index in [-0.39, 0.29) is 5.57 Å². The molecule has 6 heteroatoms. The van der Waals surface area contributed by atoms with Crippen LogP contribution >= 0.6 is 0 Å². The molecular formula is C12H9F5O. The van der Waals surface area contributed by atoms with Crippen molar-refractivity contribution in [2.45, 2.75) is 25.4 Å². The summed E-state index contributed by atoms with van der Waals surface area (Å²) in [6.07, 6.45) is 1.42. The summed E-state index contributed by atoms with van der Waals surface area (Å²) < 4.78 is 65.5. The van der Waals surface area contributed by atoms with Crippen LogP contribution in [0.1, 0.15) is 30.9 Å². The van der Waals surface area contributed by atoms with Gasteiger partial charge in [0.05, 0.1) is 5.56 Å². The number of hydrogen-bond acceptors (Lipinski definition) is 1. The van der Waals surface area contributed by atoms with E-state index in [1.807, 2.05) is 0 Å². The van der Waals surface area contributed by atoms with Crippen molar-refractivity contribution in [3.63, 3.8) is 0 Å². The second-order valence-electron chi connectivity index (χ2n) is 4.06. The highest BCUT2D eigenvalue weighted by molar-refractivity contribution is 5.32. The molecule has 0 radical (unpaired) electrons. The van der Waals surface area contributed by atoms with Gasteiger partial charge in [-0.1, -0.05) is 6.08 Å². The van der Waals surface area contributed by atoms with E-state index >= 15 is 0 Å². The Morgan fingerprint density at radius 2 is 1.39 bits per heavy atom. The van der Waals surface area contributed by atoms with Crippen molar-refractivity contribution in [3.8, 4) is 0 Å². The van der Waals surface area contributed by atoms with E-state index in [0.29, 0.717) is 19.3 Å². The lowest BCUT2D eigenvalue weighted by atomic mass is 9.99. The molecule has 0 bridgehead atoms. The molecule has 0 heterocycles. The Balaban J connectivity index is 2.57. The van der Waals surface area contributed by atoms with Gasteiger partial charge in [-0.25, -0.2) is 22.0 Å². The monoisotopic (exact) mass is 264 g/mol. The van der Waals surface area contributed by atoms with E-state index in [1.165, 1.54) is 0 Å². The van der Waals surface area contributed by atoms with Gasteiger partial charge in [-0.2, -0.15) is 0 Å². The van der Waals surface area contributed by atoms with Crippen LogP contribution in [0.4, 0.5) is 22.0 Å². The fraction of sp³-hybridized carbons (Fsp3) is 0.333. The van der Waals surface area contributed by atoms with Crippen LogP contribution in [-0.2, 0) is 0 Å². The van der Waals surface area contributed by atoms with Gasteiger partial charge in [0.1, 0.15) is 6.10 Å². The van der Waals surface area contributed by atoms with E-state index in [0.717, 1.165) is 0 Å². The number of aliphatic hydroxyl groups is 1. The van der Waals surface area contributed by atoms with Gasteiger partial charge in [-0.05, 0) is 24.8 Å². The summed E-state index contributed by atoms with van der Waals surface area (Å²) >= 11 is 0. The molecular weight excluding hydrogens is 255 g/mol. The lowest BCUT2D eigenvalue weighted by molar-refractivity contribution is 0.196.